The molecule has 0 radical (unpaired) electrons. The van der Waals surface area contributed by atoms with Gasteiger partial charge in [0.1, 0.15) is 11.7 Å². The van der Waals surface area contributed by atoms with E-state index >= 15 is 0 Å². The Morgan fingerprint density at radius 3 is 2.53 bits per heavy atom. The number of aromatic nitrogens is 4. The van der Waals surface area contributed by atoms with Crippen LogP contribution in [-0.4, -0.2) is 66.1 Å². The molecule has 5 rings (SSSR count). The summed E-state index contributed by atoms with van der Waals surface area (Å²) in [6.45, 7) is 22.9. The standard InChI is InChI=1S/C35H49N7O4Si/c1-23-29(20-38-42(23)26-12-15-44-16-13-26)40-31-37-14-11-28(39-31)24-17-25(19-36)30-27(18-24)35(8,22-45-47(9,10)34(5,6)7)21-41(30)32(43)46-33(2,3)4/h11,14,17-18,20,26H,12-13,15-16,21-22H2,1-10H3,(H,37,39,40)/t35-/m1/s1. The number of carbonyl (C=O) groups is 1. The lowest BCUT2D eigenvalue weighted by Crippen LogP contribution is -2.46. The molecule has 2 aliphatic heterocycles. The normalized spacial score (nSPS) is 19.0. The first-order valence-corrected chi connectivity index (χ1v) is 19.3. The fourth-order valence-corrected chi connectivity index (χ4v) is 6.94. The number of anilines is 3. The van der Waals surface area contributed by atoms with E-state index in [2.05, 4.69) is 66.9 Å². The number of nitriles is 1. The first-order valence-electron chi connectivity index (χ1n) is 16.4. The first kappa shape index (κ1) is 34.5. The van der Waals surface area contributed by atoms with Crippen LogP contribution in [0.5, 0.6) is 0 Å². The maximum atomic E-state index is 13.6. The molecular weight excluding hydrogens is 611 g/mol. The van der Waals surface area contributed by atoms with Gasteiger partial charge in [-0.25, -0.2) is 14.8 Å². The molecule has 1 N–H and O–H groups in total. The van der Waals surface area contributed by atoms with Crippen molar-refractivity contribution in [3.05, 3.63) is 47.4 Å². The van der Waals surface area contributed by atoms with Gasteiger partial charge in [-0.05, 0) is 82.4 Å². The fraction of sp³-hybridized carbons (Fsp3) is 0.571. The van der Waals surface area contributed by atoms with Crippen LogP contribution in [0.3, 0.4) is 0 Å². The van der Waals surface area contributed by atoms with Gasteiger partial charge in [-0.3, -0.25) is 9.58 Å². The zero-order valence-electron chi connectivity index (χ0n) is 29.5. The van der Waals surface area contributed by atoms with E-state index in [4.69, 9.17) is 18.9 Å². The van der Waals surface area contributed by atoms with Crippen LogP contribution in [-0.2, 0) is 19.3 Å². The smallest absolute Gasteiger partial charge is 0.414 e. The Hall–Kier alpha value is -3.79. The van der Waals surface area contributed by atoms with Crippen molar-refractivity contribution in [2.75, 3.05) is 36.6 Å². The summed E-state index contributed by atoms with van der Waals surface area (Å²) in [5.41, 5.74) is 3.77. The second-order valence-corrected chi connectivity index (χ2v) is 20.3. The molecule has 12 heteroatoms. The van der Waals surface area contributed by atoms with Crippen molar-refractivity contribution in [2.24, 2.45) is 0 Å². The number of nitrogens with one attached hydrogen (secondary N) is 1. The Labute approximate surface area is 279 Å². The topological polar surface area (TPSA) is 127 Å². The average Bonchev–Trinajstić information content (AvgIpc) is 3.52. The number of carbonyl (C=O) groups excluding carboxylic acids is 1. The molecule has 4 heterocycles. The van der Waals surface area contributed by atoms with Gasteiger partial charge in [0.15, 0.2) is 8.32 Å². The summed E-state index contributed by atoms with van der Waals surface area (Å²) in [5, 5.41) is 18.4. The van der Waals surface area contributed by atoms with Crippen molar-refractivity contribution in [3.8, 4) is 17.3 Å². The number of hydrogen-bond donors (Lipinski definition) is 1. The number of nitrogens with zero attached hydrogens (tertiary/aromatic N) is 6. The number of fused-ring (bicyclic) bond motifs is 1. The number of amides is 1. The monoisotopic (exact) mass is 659 g/mol. The highest BCUT2D eigenvalue weighted by Gasteiger charge is 2.47. The van der Waals surface area contributed by atoms with Gasteiger partial charge in [0, 0.05) is 43.5 Å². The molecule has 11 nitrogen and oxygen atoms in total. The van der Waals surface area contributed by atoms with Crippen molar-refractivity contribution >= 4 is 31.7 Å². The molecule has 0 bridgehead atoms. The third kappa shape index (κ3) is 7.22. The van der Waals surface area contributed by atoms with Crippen molar-refractivity contribution in [1.82, 2.24) is 19.7 Å². The minimum Gasteiger partial charge on any atom is -0.443 e. The van der Waals surface area contributed by atoms with Gasteiger partial charge in [0.05, 0.1) is 40.6 Å². The summed E-state index contributed by atoms with van der Waals surface area (Å²) in [4.78, 5) is 24.5. The van der Waals surface area contributed by atoms with Gasteiger partial charge in [0.2, 0.25) is 5.95 Å². The van der Waals surface area contributed by atoms with E-state index in [9.17, 15) is 10.1 Å². The van der Waals surface area contributed by atoms with E-state index < -0.39 is 25.4 Å². The van der Waals surface area contributed by atoms with E-state index in [1.807, 2.05) is 46.0 Å². The number of rotatable bonds is 7. The van der Waals surface area contributed by atoms with Crippen molar-refractivity contribution in [1.29, 1.82) is 5.26 Å². The van der Waals surface area contributed by atoms with Gasteiger partial charge in [0.25, 0.3) is 0 Å². The number of hydrogen-bond acceptors (Lipinski definition) is 9. The van der Waals surface area contributed by atoms with E-state index in [1.54, 1.807) is 17.2 Å². The maximum absolute atomic E-state index is 13.6. The molecule has 0 saturated carbocycles. The number of benzene rings is 1. The van der Waals surface area contributed by atoms with Crippen LogP contribution in [0.1, 0.15) is 84.2 Å². The lowest BCUT2D eigenvalue weighted by Gasteiger charge is -2.39. The largest absolute Gasteiger partial charge is 0.443 e. The summed E-state index contributed by atoms with van der Waals surface area (Å²) in [6, 6.07) is 8.31. The van der Waals surface area contributed by atoms with Crippen molar-refractivity contribution < 1.29 is 18.7 Å². The van der Waals surface area contributed by atoms with Crippen molar-refractivity contribution in [3.63, 3.8) is 0 Å². The van der Waals surface area contributed by atoms with Gasteiger partial charge in [-0.15, -0.1) is 0 Å². The molecule has 2 aromatic heterocycles. The summed E-state index contributed by atoms with van der Waals surface area (Å²) in [6.07, 6.45) is 4.89. The second kappa shape index (κ2) is 12.7. The molecule has 252 valence electrons. The quantitative estimate of drug-likeness (QED) is 0.254. The van der Waals surface area contributed by atoms with Gasteiger partial charge in [-0.2, -0.15) is 10.4 Å². The first-order chi connectivity index (χ1) is 21.9. The highest BCUT2D eigenvalue weighted by molar-refractivity contribution is 6.74. The third-order valence-corrected chi connectivity index (χ3v) is 14.1. The molecular formula is C35H49N7O4Si. The molecule has 1 atom stereocenters. The summed E-state index contributed by atoms with van der Waals surface area (Å²) < 4.78 is 20.1. The van der Waals surface area contributed by atoms with E-state index in [1.165, 1.54) is 0 Å². The molecule has 3 aromatic rings. The van der Waals surface area contributed by atoms with E-state index in [0.29, 0.717) is 42.1 Å². The molecule has 1 saturated heterocycles. The molecule has 1 fully saturated rings. The van der Waals surface area contributed by atoms with Crippen LogP contribution >= 0.6 is 0 Å². The fourth-order valence-electron chi connectivity index (χ4n) is 5.83. The van der Waals surface area contributed by atoms with Gasteiger partial charge >= 0.3 is 6.09 Å². The Kier molecular flexibility index (Phi) is 9.31. The Morgan fingerprint density at radius 2 is 1.89 bits per heavy atom. The lowest BCUT2D eigenvalue weighted by molar-refractivity contribution is 0.0575. The molecule has 0 unspecified atom stereocenters. The molecule has 1 amide bonds. The minimum atomic E-state index is -2.13. The van der Waals surface area contributed by atoms with Crippen LogP contribution in [0.4, 0.5) is 22.1 Å². The van der Waals surface area contributed by atoms with Gasteiger partial charge < -0.3 is 19.2 Å². The highest BCUT2D eigenvalue weighted by Crippen LogP contribution is 2.47. The Bertz CT molecular complexity index is 1680. The number of ether oxygens (including phenoxy) is 2. The van der Waals surface area contributed by atoms with Crippen LogP contribution in [0.25, 0.3) is 11.3 Å². The second-order valence-electron chi connectivity index (χ2n) is 15.5. The summed E-state index contributed by atoms with van der Waals surface area (Å²) in [7, 11) is -2.13. The van der Waals surface area contributed by atoms with Crippen LogP contribution in [0.15, 0.2) is 30.6 Å². The molecule has 47 heavy (non-hydrogen) atoms. The van der Waals surface area contributed by atoms with E-state index in [0.717, 1.165) is 48.6 Å². The van der Waals surface area contributed by atoms with Gasteiger partial charge in [-0.1, -0.05) is 27.7 Å². The van der Waals surface area contributed by atoms with Crippen molar-refractivity contribution in [2.45, 2.75) is 103 Å². The van der Waals surface area contributed by atoms with Crippen LogP contribution in [0, 0.1) is 18.3 Å². The SMILES string of the molecule is Cc1c(Nc2nccc(-c3cc(C#N)c4c(c3)[C@@](C)(CO[Si](C)(C)C(C)(C)C)CN4C(=O)OC(C)(C)C)n2)cnn1C1CCOCC1. The van der Waals surface area contributed by atoms with Crippen LogP contribution in [0.2, 0.25) is 18.1 Å². The maximum Gasteiger partial charge on any atom is 0.414 e. The molecule has 2 aliphatic rings. The zero-order chi connectivity index (χ0) is 34.4. The average molecular weight is 660 g/mol. The molecule has 0 aliphatic carbocycles. The Balaban J connectivity index is 1.51. The van der Waals surface area contributed by atoms with Crippen LogP contribution < -0.4 is 10.2 Å². The third-order valence-electron chi connectivity index (χ3n) is 9.61. The predicted octanol–water partition coefficient (Wildman–Crippen LogP) is 7.65. The summed E-state index contributed by atoms with van der Waals surface area (Å²) >= 11 is 0. The molecule has 0 spiro atoms. The highest BCUT2D eigenvalue weighted by atomic mass is 28.4. The summed E-state index contributed by atoms with van der Waals surface area (Å²) in [5.74, 6) is 0.426. The predicted molar refractivity (Wildman–Crippen MR) is 186 cm³/mol. The zero-order valence-corrected chi connectivity index (χ0v) is 30.5. The molecule has 1 aromatic carbocycles. The Morgan fingerprint density at radius 1 is 1.19 bits per heavy atom. The minimum absolute atomic E-state index is 0.0132. The van der Waals surface area contributed by atoms with E-state index in [-0.39, 0.29) is 5.04 Å². The lowest BCUT2D eigenvalue weighted by atomic mass is 9.83.